The van der Waals surface area contributed by atoms with Crippen molar-refractivity contribution < 1.29 is 9.53 Å². The number of halogens is 1. The molecule has 8 nitrogen and oxygen atoms in total. The molecule has 2 rings (SSSR count). The fraction of sp³-hybridized carbons (Fsp3) is 0.200. The number of carbonyl (C=O) groups excluding carboxylic acids is 1. The van der Waals surface area contributed by atoms with Crippen LogP contribution < -0.4 is 11.1 Å². The van der Waals surface area contributed by atoms with Crippen LogP contribution in [-0.2, 0) is 4.74 Å². The molecule has 0 aromatic carbocycles. The number of hydrogen-bond donors (Lipinski definition) is 2. The van der Waals surface area contributed by atoms with E-state index in [1.165, 1.54) is 11.8 Å². The van der Waals surface area contributed by atoms with Gasteiger partial charge < -0.3 is 15.8 Å². The van der Waals surface area contributed by atoms with Gasteiger partial charge in [-0.3, -0.25) is 0 Å². The lowest BCUT2D eigenvalue weighted by Gasteiger charge is -2.02. The van der Waals surface area contributed by atoms with Gasteiger partial charge in [0.2, 0.25) is 0 Å². The number of anilines is 2. The first-order valence-corrected chi connectivity index (χ1v) is 5.60. The van der Waals surface area contributed by atoms with Crippen molar-refractivity contribution in [2.24, 2.45) is 0 Å². The van der Waals surface area contributed by atoms with Crippen LogP contribution in [0.25, 0.3) is 5.82 Å². The zero-order chi connectivity index (χ0) is 14.0. The van der Waals surface area contributed by atoms with E-state index in [9.17, 15) is 4.79 Å². The van der Waals surface area contributed by atoms with Gasteiger partial charge in [-0.05, 0) is 12.1 Å². The molecule has 0 radical (unpaired) electrons. The number of aromatic nitrogens is 4. The molecule has 0 atom stereocenters. The number of ether oxygens (including phenoxy) is 1. The van der Waals surface area contributed by atoms with Gasteiger partial charge >= 0.3 is 5.97 Å². The monoisotopic (exact) mass is 282 g/mol. The Bertz CT molecular complexity index is 609. The van der Waals surface area contributed by atoms with Gasteiger partial charge in [0.15, 0.2) is 16.8 Å². The minimum absolute atomic E-state index is 0.104. The van der Waals surface area contributed by atoms with Gasteiger partial charge in [-0.1, -0.05) is 11.6 Å². The molecule has 0 aliphatic carbocycles. The zero-order valence-electron chi connectivity index (χ0n) is 10.2. The quantitative estimate of drug-likeness (QED) is 0.799. The van der Waals surface area contributed by atoms with Crippen molar-refractivity contribution in [2.45, 2.75) is 0 Å². The van der Waals surface area contributed by atoms with Gasteiger partial charge in [0.1, 0.15) is 11.4 Å². The predicted octanol–water partition coefficient (Wildman–Crippen LogP) is 0.726. The second-order valence-electron chi connectivity index (χ2n) is 3.48. The lowest BCUT2D eigenvalue weighted by Crippen LogP contribution is -2.09. The average molecular weight is 283 g/mol. The van der Waals surface area contributed by atoms with Crippen LogP contribution in [0.4, 0.5) is 11.6 Å². The number of nitrogens with zero attached hydrogens (tertiary/aromatic N) is 4. The zero-order valence-corrected chi connectivity index (χ0v) is 11.0. The highest BCUT2D eigenvalue weighted by Gasteiger charge is 2.23. The van der Waals surface area contributed by atoms with Gasteiger partial charge in [-0.25, -0.2) is 4.79 Å². The van der Waals surface area contributed by atoms with E-state index in [1.54, 1.807) is 19.2 Å². The summed E-state index contributed by atoms with van der Waals surface area (Å²) in [4.78, 5) is 11.7. The molecule has 0 fully saturated rings. The number of carbonyl (C=O) groups is 1. The lowest BCUT2D eigenvalue weighted by molar-refractivity contribution is 0.0603. The minimum Gasteiger partial charge on any atom is -0.465 e. The lowest BCUT2D eigenvalue weighted by atomic mass is 10.3. The van der Waals surface area contributed by atoms with Gasteiger partial charge in [-0.2, -0.15) is 4.68 Å². The molecular weight excluding hydrogens is 272 g/mol. The molecule has 0 unspecified atom stereocenters. The average Bonchev–Trinajstić information content (AvgIpc) is 2.76. The Kier molecular flexibility index (Phi) is 3.52. The van der Waals surface area contributed by atoms with Crippen LogP contribution in [0.2, 0.25) is 5.15 Å². The Morgan fingerprint density at radius 2 is 2.21 bits per heavy atom. The second kappa shape index (κ2) is 5.11. The van der Waals surface area contributed by atoms with Crippen molar-refractivity contribution in [3.05, 3.63) is 22.8 Å². The molecule has 2 aromatic heterocycles. The van der Waals surface area contributed by atoms with E-state index in [0.29, 0.717) is 11.6 Å². The van der Waals surface area contributed by atoms with E-state index in [0.717, 1.165) is 0 Å². The number of methoxy groups -OCH3 is 1. The molecular formula is C10H11ClN6O2. The Balaban J connectivity index is 2.56. The van der Waals surface area contributed by atoms with Crippen molar-refractivity contribution in [1.29, 1.82) is 0 Å². The summed E-state index contributed by atoms with van der Waals surface area (Å²) in [6.45, 7) is 0. The van der Waals surface area contributed by atoms with Crippen LogP contribution in [-0.4, -0.2) is 40.1 Å². The molecule has 0 saturated carbocycles. The van der Waals surface area contributed by atoms with Crippen molar-refractivity contribution in [2.75, 3.05) is 25.2 Å². The van der Waals surface area contributed by atoms with Crippen LogP contribution in [0, 0.1) is 0 Å². The van der Waals surface area contributed by atoms with Gasteiger partial charge in [0, 0.05) is 7.05 Å². The highest BCUT2D eigenvalue weighted by Crippen LogP contribution is 2.24. The Labute approximate surface area is 113 Å². The number of hydrogen-bond acceptors (Lipinski definition) is 7. The topological polar surface area (TPSA) is 108 Å². The maximum Gasteiger partial charge on any atom is 0.345 e. The van der Waals surface area contributed by atoms with E-state index in [-0.39, 0.29) is 16.5 Å². The van der Waals surface area contributed by atoms with E-state index in [4.69, 9.17) is 17.3 Å². The summed E-state index contributed by atoms with van der Waals surface area (Å²) < 4.78 is 5.94. The van der Waals surface area contributed by atoms with E-state index < -0.39 is 5.97 Å². The summed E-state index contributed by atoms with van der Waals surface area (Å²) in [6, 6.07) is 3.13. The summed E-state index contributed by atoms with van der Waals surface area (Å²) in [5.41, 5.74) is 6.03. The summed E-state index contributed by atoms with van der Waals surface area (Å²) >= 11 is 5.65. The smallest absolute Gasteiger partial charge is 0.345 e. The largest absolute Gasteiger partial charge is 0.465 e. The standard InChI is InChI=1S/C10H11ClN6O2/c1-13-9-7(10(18)19-2)8(12)17(16-9)6-4-3-5(11)14-15-6/h3-4H,12H2,1-2H3,(H,13,16). The predicted molar refractivity (Wildman–Crippen MR) is 69.5 cm³/mol. The molecule has 0 amide bonds. The third-order valence-electron chi connectivity index (χ3n) is 2.38. The number of rotatable bonds is 3. The van der Waals surface area contributed by atoms with E-state index >= 15 is 0 Å². The fourth-order valence-corrected chi connectivity index (χ4v) is 1.61. The molecule has 0 aliphatic rings. The molecule has 9 heteroatoms. The molecule has 0 saturated heterocycles. The first-order valence-electron chi connectivity index (χ1n) is 5.22. The minimum atomic E-state index is -0.588. The SMILES string of the molecule is CNc1nn(-c2ccc(Cl)nn2)c(N)c1C(=O)OC. The molecule has 0 aliphatic heterocycles. The summed E-state index contributed by atoms with van der Waals surface area (Å²) in [5, 5.41) is 14.7. The van der Waals surface area contributed by atoms with Crippen LogP contribution in [0.15, 0.2) is 12.1 Å². The highest BCUT2D eigenvalue weighted by molar-refractivity contribution is 6.29. The fourth-order valence-electron chi connectivity index (χ4n) is 1.51. The maximum atomic E-state index is 11.7. The summed E-state index contributed by atoms with van der Waals surface area (Å²) in [7, 11) is 2.88. The first-order chi connectivity index (χ1) is 9.08. The maximum absolute atomic E-state index is 11.7. The van der Waals surface area contributed by atoms with Crippen molar-refractivity contribution in [1.82, 2.24) is 20.0 Å². The highest BCUT2D eigenvalue weighted by atomic mass is 35.5. The Morgan fingerprint density at radius 1 is 1.47 bits per heavy atom. The first kappa shape index (κ1) is 13.1. The molecule has 2 aromatic rings. The van der Waals surface area contributed by atoms with E-state index in [2.05, 4.69) is 25.3 Å². The van der Waals surface area contributed by atoms with Crippen molar-refractivity contribution in [3.63, 3.8) is 0 Å². The molecule has 100 valence electrons. The van der Waals surface area contributed by atoms with Crippen LogP contribution in [0.3, 0.4) is 0 Å². The second-order valence-corrected chi connectivity index (χ2v) is 3.86. The van der Waals surface area contributed by atoms with Crippen LogP contribution in [0.1, 0.15) is 10.4 Å². The van der Waals surface area contributed by atoms with Gasteiger partial charge in [-0.15, -0.1) is 15.3 Å². The third kappa shape index (κ3) is 2.29. The number of esters is 1. The van der Waals surface area contributed by atoms with Gasteiger partial charge in [0.05, 0.1) is 7.11 Å². The van der Waals surface area contributed by atoms with Crippen LogP contribution in [0.5, 0.6) is 0 Å². The normalized spacial score (nSPS) is 10.3. The molecule has 3 N–H and O–H groups in total. The summed E-state index contributed by atoms with van der Waals surface area (Å²) in [5.74, 6) is 0.150. The van der Waals surface area contributed by atoms with E-state index in [1.807, 2.05) is 0 Å². The molecule has 2 heterocycles. The Morgan fingerprint density at radius 3 is 2.74 bits per heavy atom. The van der Waals surface area contributed by atoms with Gasteiger partial charge in [0.25, 0.3) is 0 Å². The Hall–Kier alpha value is -2.35. The molecule has 19 heavy (non-hydrogen) atoms. The van der Waals surface area contributed by atoms with Crippen LogP contribution >= 0.6 is 11.6 Å². The molecule has 0 spiro atoms. The van der Waals surface area contributed by atoms with Crippen molar-refractivity contribution >= 4 is 29.2 Å². The number of nitrogens with one attached hydrogen (secondary N) is 1. The number of nitrogens with two attached hydrogens (primary N) is 1. The van der Waals surface area contributed by atoms with Crippen molar-refractivity contribution in [3.8, 4) is 5.82 Å². The summed E-state index contributed by atoms with van der Waals surface area (Å²) in [6.07, 6.45) is 0. The third-order valence-corrected chi connectivity index (χ3v) is 2.58. The number of nitrogen functional groups attached to an aromatic ring is 1. The molecule has 0 bridgehead atoms.